The predicted octanol–water partition coefficient (Wildman–Crippen LogP) is 2.59. The summed E-state index contributed by atoms with van der Waals surface area (Å²) in [6, 6.07) is 8.23. The van der Waals surface area contributed by atoms with Crippen molar-refractivity contribution in [2.75, 3.05) is 13.1 Å². The number of rotatable bonds is 8. The fourth-order valence-electron chi connectivity index (χ4n) is 2.57. The Morgan fingerprint density at radius 3 is 2.95 bits per heavy atom. The first-order valence-electron chi connectivity index (χ1n) is 7.72. The molecule has 114 valence electrons. The number of carbonyl (C=O) groups is 1. The Balaban J connectivity index is 1.73. The van der Waals surface area contributed by atoms with Gasteiger partial charge in [0, 0.05) is 30.1 Å². The largest absolute Gasteiger partial charge is 0.361 e. The Hall–Kier alpha value is -1.81. The van der Waals surface area contributed by atoms with Crippen LogP contribution in [0.2, 0.25) is 0 Å². The molecule has 1 heterocycles. The summed E-state index contributed by atoms with van der Waals surface area (Å²) >= 11 is 0. The maximum absolute atomic E-state index is 11.8. The number of nitrogens with two attached hydrogens (primary N) is 1. The summed E-state index contributed by atoms with van der Waals surface area (Å²) < 4.78 is 0. The molecule has 0 aliphatic carbocycles. The molecule has 2 aromatic rings. The molecule has 0 fully saturated rings. The summed E-state index contributed by atoms with van der Waals surface area (Å²) in [5.41, 5.74) is 7.91. The first-order chi connectivity index (χ1) is 10.2. The number of carbonyl (C=O) groups excluding carboxylic acids is 1. The van der Waals surface area contributed by atoms with E-state index in [1.54, 1.807) is 0 Å². The van der Waals surface area contributed by atoms with Gasteiger partial charge in [0.15, 0.2) is 0 Å². The summed E-state index contributed by atoms with van der Waals surface area (Å²) in [6.07, 6.45) is 5.38. The molecule has 0 radical (unpaired) electrons. The molecule has 0 spiro atoms. The van der Waals surface area contributed by atoms with Crippen LogP contribution in [-0.4, -0.2) is 24.0 Å². The maximum Gasteiger partial charge on any atom is 0.220 e. The second kappa shape index (κ2) is 7.84. The molecular formula is C17H25N3O. The van der Waals surface area contributed by atoms with E-state index in [-0.39, 0.29) is 5.91 Å². The second-order valence-electron chi connectivity index (χ2n) is 5.68. The smallest absolute Gasteiger partial charge is 0.220 e. The minimum absolute atomic E-state index is 0.138. The average molecular weight is 287 g/mol. The first-order valence-corrected chi connectivity index (χ1v) is 7.72. The van der Waals surface area contributed by atoms with Crippen molar-refractivity contribution in [3.8, 4) is 0 Å². The summed E-state index contributed by atoms with van der Waals surface area (Å²) in [5.74, 6) is 0.660. The van der Waals surface area contributed by atoms with Gasteiger partial charge in [0.2, 0.25) is 5.91 Å². The highest BCUT2D eigenvalue weighted by atomic mass is 16.1. The molecule has 4 nitrogen and oxygen atoms in total. The Bertz CT molecular complexity index is 576. The summed E-state index contributed by atoms with van der Waals surface area (Å²) in [5, 5.41) is 4.24. The topological polar surface area (TPSA) is 70.9 Å². The number of fused-ring (bicyclic) bond motifs is 1. The minimum atomic E-state index is 0.138. The van der Waals surface area contributed by atoms with Crippen LogP contribution in [-0.2, 0) is 11.2 Å². The van der Waals surface area contributed by atoms with Crippen molar-refractivity contribution in [2.45, 2.75) is 32.6 Å². The molecule has 21 heavy (non-hydrogen) atoms. The van der Waals surface area contributed by atoms with Gasteiger partial charge in [0.05, 0.1) is 0 Å². The second-order valence-corrected chi connectivity index (χ2v) is 5.68. The molecule has 4 heteroatoms. The third kappa shape index (κ3) is 4.60. The van der Waals surface area contributed by atoms with Gasteiger partial charge in [-0.2, -0.15) is 0 Å². The number of para-hydroxylation sites is 1. The monoisotopic (exact) mass is 287 g/mol. The van der Waals surface area contributed by atoms with Gasteiger partial charge in [-0.1, -0.05) is 25.1 Å². The van der Waals surface area contributed by atoms with Crippen molar-refractivity contribution in [1.29, 1.82) is 0 Å². The molecule has 0 saturated heterocycles. The van der Waals surface area contributed by atoms with Crippen molar-refractivity contribution >= 4 is 16.8 Å². The average Bonchev–Trinajstić information content (AvgIpc) is 2.89. The van der Waals surface area contributed by atoms with Crippen molar-refractivity contribution in [3.63, 3.8) is 0 Å². The molecule has 4 N–H and O–H groups in total. The lowest BCUT2D eigenvalue weighted by molar-refractivity contribution is -0.121. The fourth-order valence-corrected chi connectivity index (χ4v) is 2.57. The van der Waals surface area contributed by atoms with E-state index < -0.39 is 0 Å². The lowest BCUT2D eigenvalue weighted by atomic mass is 10.0. The molecule has 1 aromatic heterocycles. The van der Waals surface area contributed by atoms with E-state index in [1.807, 2.05) is 18.3 Å². The predicted molar refractivity (Wildman–Crippen MR) is 87.1 cm³/mol. The van der Waals surface area contributed by atoms with Crippen LogP contribution in [0.25, 0.3) is 10.9 Å². The molecule has 1 amide bonds. The van der Waals surface area contributed by atoms with Gasteiger partial charge in [0.1, 0.15) is 0 Å². The lowest BCUT2D eigenvalue weighted by Gasteiger charge is -2.09. The quantitative estimate of drug-likeness (QED) is 0.698. The Kier molecular flexibility index (Phi) is 5.81. The van der Waals surface area contributed by atoms with Gasteiger partial charge >= 0.3 is 0 Å². The van der Waals surface area contributed by atoms with Gasteiger partial charge < -0.3 is 16.0 Å². The standard InChI is InChI=1S/C17H25N3O/c1-13(8-10-18)6-7-17(21)19-11-9-14-12-20-16-5-3-2-4-15(14)16/h2-5,12-13,20H,6-11,18H2,1H3,(H,19,21). The van der Waals surface area contributed by atoms with Gasteiger partial charge in [-0.15, -0.1) is 0 Å². The van der Waals surface area contributed by atoms with Gasteiger partial charge in [-0.05, 0) is 43.4 Å². The Morgan fingerprint density at radius 2 is 2.14 bits per heavy atom. The van der Waals surface area contributed by atoms with E-state index >= 15 is 0 Å². The summed E-state index contributed by atoms with van der Waals surface area (Å²) in [6.45, 7) is 3.53. The van der Waals surface area contributed by atoms with E-state index in [2.05, 4.69) is 29.4 Å². The number of amides is 1. The fraction of sp³-hybridized carbons (Fsp3) is 0.471. The van der Waals surface area contributed by atoms with Gasteiger partial charge in [0.25, 0.3) is 0 Å². The van der Waals surface area contributed by atoms with E-state index in [9.17, 15) is 4.79 Å². The van der Waals surface area contributed by atoms with Crippen LogP contribution >= 0.6 is 0 Å². The number of nitrogens with one attached hydrogen (secondary N) is 2. The molecule has 0 aliphatic heterocycles. The van der Waals surface area contributed by atoms with Crippen LogP contribution in [0.1, 0.15) is 31.7 Å². The zero-order valence-corrected chi connectivity index (χ0v) is 12.7. The van der Waals surface area contributed by atoms with Crippen molar-refractivity contribution in [1.82, 2.24) is 10.3 Å². The molecule has 1 atom stereocenters. The van der Waals surface area contributed by atoms with Crippen molar-refractivity contribution < 1.29 is 4.79 Å². The third-order valence-corrected chi connectivity index (χ3v) is 3.92. The number of benzene rings is 1. The number of hydrogen-bond acceptors (Lipinski definition) is 2. The van der Waals surface area contributed by atoms with E-state index in [0.29, 0.717) is 25.4 Å². The van der Waals surface area contributed by atoms with Gasteiger partial charge in [-0.25, -0.2) is 0 Å². The van der Waals surface area contributed by atoms with Crippen LogP contribution in [0, 0.1) is 5.92 Å². The zero-order valence-electron chi connectivity index (χ0n) is 12.7. The normalized spacial score (nSPS) is 12.5. The Labute approximate surface area is 126 Å². The highest BCUT2D eigenvalue weighted by molar-refractivity contribution is 5.83. The third-order valence-electron chi connectivity index (χ3n) is 3.92. The van der Waals surface area contributed by atoms with Crippen LogP contribution in [0.4, 0.5) is 0 Å². The van der Waals surface area contributed by atoms with Crippen molar-refractivity contribution in [2.24, 2.45) is 11.7 Å². The van der Waals surface area contributed by atoms with Crippen LogP contribution in [0.15, 0.2) is 30.5 Å². The molecule has 0 aliphatic rings. The van der Waals surface area contributed by atoms with E-state index in [0.717, 1.165) is 24.8 Å². The number of aromatic amines is 1. The highest BCUT2D eigenvalue weighted by Crippen LogP contribution is 2.17. The summed E-state index contributed by atoms with van der Waals surface area (Å²) in [7, 11) is 0. The SMILES string of the molecule is CC(CCN)CCC(=O)NCCc1c[nH]c2ccccc12. The van der Waals surface area contributed by atoms with Crippen LogP contribution in [0.5, 0.6) is 0 Å². The van der Waals surface area contributed by atoms with Crippen LogP contribution < -0.4 is 11.1 Å². The van der Waals surface area contributed by atoms with E-state index in [4.69, 9.17) is 5.73 Å². The van der Waals surface area contributed by atoms with Crippen molar-refractivity contribution in [3.05, 3.63) is 36.0 Å². The molecule has 0 bridgehead atoms. The lowest BCUT2D eigenvalue weighted by Crippen LogP contribution is -2.25. The number of aromatic nitrogens is 1. The highest BCUT2D eigenvalue weighted by Gasteiger charge is 2.07. The number of hydrogen-bond donors (Lipinski definition) is 3. The van der Waals surface area contributed by atoms with Gasteiger partial charge in [-0.3, -0.25) is 4.79 Å². The first kappa shape index (κ1) is 15.6. The van der Waals surface area contributed by atoms with E-state index in [1.165, 1.54) is 10.9 Å². The van der Waals surface area contributed by atoms with Crippen LogP contribution in [0.3, 0.4) is 0 Å². The molecule has 1 unspecified atom stereocenters. The summed E-state index contributed by atoms with van der Waals surface area (Å²) in [4.78, 5) is 15.0. The minimum Gasteiger partial charge on any atom is -0.361 e. The zero-order chi connectivity index (χ0) is 15.1. The molecule has 2 rings (SSSR count). The molecule has 0 saturated carbocycles. The maximum atomic E-state index is 11.8. The molecule has 1 aromatic carbocycles. The molecular weight excluding hydrogens is 262 g/mol. The Morgan fingerprint density at radius 1 is 1.33 bits per heavy atom. The number of H-pyrrole nitrogens is 1.